The second-order valence-electron chi connectivity index (χ2n) is 5.57. The summed E-state index contributed by atoms with van der Waals surface area (Å²) < 4.78 is 15.1. The van der Waals surface area contributed by atoms with Gasteiger partial charge in [-0.15, -0.1) is 0 Å². The van der Waals surface area contributed by atoms with E-state index in [1.54, 1.807) is 0 Å². The van der Waals surface area contributed by atoms with E-state index >= 15 is 0 Å². The maximum absolute atomic E-state index is 9.78. The van der Waals surface area contributed by atoms with Crippen molar-refractivity contribution in [1.29, 1.82) is 0 Å². The van der Waals surface area contributed by atoms with Crippen LogP contribution in [0.2, 0.25) is 0 Å². The molecule has 136 valence electrons. The summed E-state index contributed by atoms with van der Waals surface area (Å²) in [6.45, 7) is -1.10. The van der Waals surface area contributed by atoms with Gasteiger partial charge in [-0.05, 0) is 0 Å². The first-order chi connectivity index (χ1) is 10.8. The second-order valence-corrected chi connectivity index (χ2v) is 5.57. The van der Waals surface area contributed by atoms with Crippen LogP contribution in [0.4, 0.5) is 0 Å². The number of aliphatic hydroxyl groups is 8. The SMILES string of the molecule is OC[C@H]1O[C@H](OC[C@@H]2O[C@@H](O)[C@@H](O)[C@H](O)[C@H]2O)[C@H](O)[C@@H](O)[C@@H]1O. The van der Waals surface area contributed by atoms with Gasteiger partial charge in [0.1, 0.15) is 48.8 Å². The third-order valence-electron chi connectivity index (χ3n) is 3.96. The highest BCUT2D eigenvalue weighted by Gasteiger charge is 2.46. The van der Waals surface area contributed by atoms with Crippen molar-refractivity contribution in [3.8, 4) is 0 Å². The lowest BCUT2D eigenvalue weighted by molar-refractivity contribution is -0.325. The van der Waals surface area contributed by atoms with Crippen molar-refractivity contribution in [2.24, 2.45) is 0 Å². The average molecular weight is 342 g/mol. The van der Waals surface area contributed by atoms with E-state index in [-0.39, 0.29) is 0 Å². The first kappa shape index (κ1) is 18.9. The van der Waals surface area contributed by atoms with Gasteiger partial charge in [-0.25, -0.2) is 0 Å². The van der Waals surface area contributed by atoms with E-state index in [0.29, 0.717) is 0 Å². The zero-order chi connectivity index (χ0) is 17.3. The topological polar surface area (TPSA) is 190 Å². The zero-order valence-electron chi connectivity index (χ0n) is 12.0. The highest BCUT2D eigenvalue weighted by molar-refractivity contribution is 4.91. The van der Waals surface area contributed by atoms with E-state index in [1.807, 2.05) is 0 Å². The minimum atomic E-state index is -1.74. The van der Waals surface area contributed by atoms with E-state index in [9.17, 15) is 35.7 Å². The lowest BCUT2D eigenvalue weighted by Gasteiger charge is -2.41. The molecule has 2 heterocycles. The summed E-state index contributed by atoms with van der Waals surface area (Å²) in [5, 5.41) is 76.1. The summed E-state index contributed by atoms with van der Waals surface area (Å²) in [7, 11) is 0. The van der Waals surface area contributed by atoms with Gasteiger partial charge in [0.15, 0.2) is 12.6 Å². The molecule has 0 aromatic heterocycles. The molecular formula is C12H22O11. The van der Waals surface area contributed by atoms with Crippen molar-refractivity contribution in [3.05, 3.63) is 0 Å². The normalized spacial score (nSPS) is 51.7. The van der Waals surface area contributed by atoms with Gasteiger partial charge in [0.25, 0.3) is 0 Å². The summed E-state index contributed by atoms with van der Waals surface area (Å²) in [5.74, 6) is 0. The quantitative estimate of drug-likeness (QED) is 0.243. The molecule has 0 bridgehead atoms. The van der Waals surface area contributed by atoms with Crippen molar-refractivity contribution >= 4 is 0 Å². The van der Waals surface area contributed by atoms with Crippen LogP contribution >= 0.6 is 0 Å². The predicted octanol–water partition coefficient (Wildman–Crippen LogP) is -5.40. The Bertz CT molecular complexity index is 380. The third-order valence-corrected chi connectivity index (χ3v) is 3.96. The first-order valence-electron chi connectivity index (χ1n) is 7.07. The molecule has 11 nitrogen and oxygen atoms in total. The lowest BCUT2D eigenvalue weighted by atomic mass is 9.98. The second kappa shape index (κ2) is 7.63. The van der Waals surface area contributed by atoms with Gasteiger partial charge < -0.3 is 55.1 Å². The first-order valence-corrected chi connectivity index (χ1v) is 7.07. The molecule has 0 radical (unpaired) electrons. The van der Waals surface area contributed by atoms with Crippen LogP contribution in [0.5, 0.6) is 0 Å². The monoisotopic (exact) mass is 342 g/mol. The molecule has 2 saturated heterocycles. The third kappa shape index (κ3) is 3.81. The standard InChI is InChI=1S/C12H22O11/c13-1-3-5(14)8(17)10(19)12(23-3)21-2-4-6(15)7(16)9(18)11(20)22-4/h3-20H,1-2H2/t3-,4+,5-,6+,7-,8+,9+,10-,11-,12+/m1/s1. The Morgan fingerprint density at radius 1 is 0.652 bits per heavy atom. The number of ether oxygens (including phenoxy) is 3. The minimum absolute atomic E-state index is 0.468. The molecule has 0 unspecified atom stereocenters. The molecule has 0 spiro atoms. The van der Waals surface area contributed by atoms with Gasteiger partial charge in [-0.1, -0.05) is 0 Å². The summed E-state index contributed by atoms with van der Waals surface area (Å²) in [5.41, 5.74) is 0. The summed E-state index contributed by atoms with van der Waals surface area (Å²) >= 11 is 0. The molecule has 0 amide bonds. The van der Waals surface area contributed by atoms with Gasteiger partial charge in [0, 0.05) is 0 Å². The number of aliphatic hydroxyl groups excluding tert-OH is 8. The Balaban J connectivity index is 1.94. The van der Waals surface area contributed by atoms with Crippen LogP contribution in [-0.2, 0) is 14.2 Å². The molecule has 2 rings (SSSR count). The molecule has 0 saturated carbocycles. The molecule has 0 aromatic carbocycles. The van der Waals surface area contributed by atoms with Crippen molar-refractivity contribution < 1.29 is 55.1 Å². The summed E-state index contributed by atoms with van der Waals surface area (Å²) in [6, 6.07) is 0. The van der Waals surface area contributed by atoms with E-state index in [2.05, 4.69) is 0 Å². The molecular weight excluding hydrogens is 320 g/mol. The predicted molar refractivity (Wildman–Crippen MR) is 68.6 cm³/mol. The summed E-state index contributed by atoms with van der Waals surface area (Å²) in [4.78, 5) is 0. The van der Waals surface area contributed by atoms with Gasteiger partial charge >= 0.3 is 0 Å². The van der Waals surface area contributed by atoms with Crippen LogP contribution in [-0.4, -0.2) is 115 Å². The van der Waals surface area contributed by atoms with Gasteiger partial charge in [-0.3, -0.25) is 0 Å². The molecule has 23 heavy (non-hydrogen) atoms. The fourth-order valence-corrected chi connectivity index (χ4v) is 2.46. The van der Waals surface area contributed by atoms with E-state index < -0.39 is 74.6 Å². The highest BCUT2D eigenvalue weighted by atomic mass is 16.7. The molecule has 8 N–H and O–H groups in total. The fraction of sp³-hybridized carbons (Fsp3) is 1.00. The highest BCUT2D eigenvalue weighted by Crippen LogP contribution is 2.24. The maximum Gasteiger partial charge on any atom is 0.186 e. The Morgan fingerprint density at radius 3 is 1.83 bits per heavy atom. The largest absolute Gasteiger partial charge is 0.394 e. The molecule has 0 aliphatic carbocycles. The Kier molecular flexibility index (Phi) is 6.27. The Morgan fingerprint density at radius 2 is 1.22 bits per heavy atom. The number of hydrogen-bond donors (Lipinski definition) is 8. The summed E-state index contributed by atoms with van der Waals surface area (Å²) in [6.07, 6.45) is -15.3. The van der Waals surface area contributed by atoms with Crippen LogP contribution in [0.3, 0.4) is 0 Å². The number of hydrogen-bond acceptors (Lipinski definition) is 11. The minimum Gasteiger partial charge on any atom is -0.394 e. The Hall–Kier alpha value is -0.440. The molecule has 2 aliphatic heterocycles. The van der Waals surface area contributed by atoms with Crippen LogP contribution in [0, 0.1) is 0 Å². The fourth-order valence-electron chi connectivity index (χ4n) is 2.46. The maximum atomic E-state index is 9.78. The zero-order valence-corrected chi connectivity index (χ0v) is 12.0. The molecule has 0 aromatic rings. The molecule has 11 heteroatoms. The average Bonchev–Trinajstić information content (AvgIpc) is 2.54. The van der Waals surface area contributed by atoms with Crippen LogP contribution < -0.4 is 0 Å². The van der Waals surface area contributed by atoms with E-state index in [0.717, 1.165) is 0 Å². The van der Waals surface area contributed by atoms with Crippen LogP contribution in [0.15, 0.2) is 0 Å². The Labute approximate surface area is 130 Å². The van der Waals surface area contributed by atoms with Crippen molar-refractivity contribution in [1.82, 2.24) is 0 Å². The smallest absolute Gasteiger partial charge is 0.186 e. The van der Waals surface area contributed by atoms with Crippen molar-refractivity contribution in [2.75, 3.05) is 13.2 Å². The van der Waals surface area contributed by atoms with Gasteiger partial charge in [0.2, 0.25) is 0 Å². The van der Waals surface area contributed by atoms with Crippen molar-refractivity contribution in [2.45, 2.75) is 61.4 Å². The van der Waals surface area contributed by atoms with E-state index in [1.165, 1.54) is 0 Å². The van der Waals surface area contributed by atoms with E-state index in [4.69, 9.17) is 19.3 Å². The van der Waals surface area contributed by atoms with Gasteiger partial charge in [-0.2, -0.15) is 0 Å². The number of rotatable bonds is 4. The van der Waals surface area contributed by atoms with Gasteiger partial charge in [0.05, 0.1) is 13.2 Å². The molecule has 2 aliphatic rings. The van der Waals surface area contributed by atoms with Crippen LogP contribution in [0.25, 0.3) is 0 Å². The van der Waals surface area contributed by atoms with Crippen molar-refractivity contribution in [3.63, 3.8) is 0 Å². The van der Waals surface area contributed by atoms with Crippen LogP contribution in [0.1, 0.15) is 0 Å². The molecule has 2 fully saturated rings. The molecule has 10 atom stereocenters. The lowest BCUT2D eigenvalue weighted by Crippen LogP contribution is -2.61.